The maximum atomic E-state index is 8.67. The second-order valence-electron chi connectivity index (χ2n) is 22.0. The monoisotopic (exact) mass is 1160 g/mol. The van der Waals surface area contributed by atoms with Gasteiger partial charge in [0, 0.05) is 114 Å². The summed E-state index contributed by atoms with van der Waals surface area (Å²) in [7, 11) is 8.28. The van der Waals surface area contributed by atoms with Gasteiger partial charge in [0.15, 0.2) is 0 Å². The minimum atomic E-state index is 0. The van der Waals surface area contributed by atoms with Crippen molar-refractivity contribution in [3.8, 4) is 5.75 Å². The highest BCUT2D eigenvalue weighted by atomic mass is 32.1. The Morgan fingerprint density at radius 2 is 1.32 bits per heavy atom. The number of thiocarbonyl (C=S) groups is 1. The zero-order valence-electron chi connectivity index (χ0n) is 51.2. The molecule has 8 heteroatoms. The van der Waals surface area contributed by atoms with Gasteiger partial charge in [-0.3, -0.25) is 5.21 Å². The van der Waals surface area contributed by atoms with Gasteiger partial charge in [0.2, 0.25) is 12.4 Å². The van der Waals surface area contributed by atoms with Crippen LogP contribution >= 0.6 is 12.2 Å². The van der Waals surface area contributed by atoms with Crippen LogP contribution in [-0.2, 0) is 12.8 Å². The highest BCUT2D eigenvalue weighted by molar-refractivity contribution is 7.80. The van der Waals surface area contributed by atoms with Gasteiger partial charge in [-0.25, -0.2) is 0 Å². The molecule has 0 amide bonds. The van der Waals surface area contributed by atoms with Gasteiger partial charge in [0.05, 0.1) is 0 Å². The minimum absolute atomic E-state index is 0. The Labute approximate surface area is 519 Å². The summed E-state index contributed by atoms with van der Waals surface area (Å²) in [5.74, 6) is 1.87. The molecule has 0 fully saturated rings. The van der Waals surface area contributed by atoms with E-state index in [0.717, 1.165) is 56.5 Å². The predicted molar refractivity (Wildman–Crippen MR) is 379 cm³/mol. The summed E-state index contributed by atoms with van der Waals surface area (Å²) < 4.78 is 7.05. The van der Waals surface area contributed by atoms with Crippen LogP contribution in [0.25, 0.3) is 33.7 Å². The van der Waals surface area contributed by atoms with Crippen LogP contribution in [0.1, 0.15) is 119 Å². The summed E-state index contributed by atoms with van der Waals surface area (Å²) in [6.45, 7) is 28.9. The van der Waals surface area contributed by atoms with Gasteiger partial charge >= 0.3 is 0 Å². The highest BCUT2D eigenvalue weighted by Gasteiger charge is 2.29. The van der Waals surface area contributed by atoms with E-state index in [2.05, 4.69) is 231 Å². The normalized spacial score (nSPS) is 13.7. The fourth-order valence-corrected chi connectivity index (χ4v) is 10.0. The summed E-state index contributed by atoms with van der Waals surface area (Å²) in [5, 5.41) is 17.0. The molecule has 1 aliphatic carbocycles. The summed E-state index contributed by atoms with van der Waals surface area (Å²) in [6.07, 6.45) is 27.6. The number of benzene rings is 6. The van der Waals surface area contributed by atoms with Crippen LogP contribution in [0.15, 0.2) is 206 Å². The lowest BCUT2D eigenvalue weighted by molar-refractivity contribution is -0.904. The molecule has 12 rings (SSSR count). The second-order valence-corrected chi connectivity index (χ2v) is 22.5. The first kappa shape index (κ1) is 71.1. The van der Waals surface area contributed by atoms with E-state index < -0.39 is 0 Å². The Morgan fingerprint density at radius 3 is 1.85 bits per heavy atom. The molecule has 6 aromatic carbocycles. The first-order valence-electron chi connectivity index (χ1n) is 28.6. The second kappa shape index (κ2) is 34.5. The lowest BCUT2D eigenvalue weighted by Gasteiger charge is -2.38. The van der Waals surface area contributed by atoms with Crippen molar-refractivity contribution in [2.24, 2.45) is 0 Å². The molecule has 450 valence electrons. The summed E-state index contributed by atoms with van der Waals surface area (Å²) in [6, 6.07) is 38.5. The maximum absolute atomic E-state index is 8.67. The Balaban J connectivity index is 0.000000265. The van der Waals surface area contributed by atoms with Crippen LogP contribution in [0.2, 0.25) is 0 Å². The molecule has 0 saturated carbocycles. The third-order valence-corrected chi connectivity index (χ3v) is 14.9. The van der Waals surface area contributed by atoms with E-state index in [1.54, 1.807) is 12.4 Å². The number of allylic oxidation sites excluding steroid dienone is 10. The SMILES string of the molecule is C.C.C.C/C=C/c1ccc(N(C)C)c2ccccc12.C=C1C=CC=C(C)N1.C=C1Oc2c(cc3c4c2CCCN4CCC3)C=C1C.CC1=CCC(=S)C=C1.Cc1cc[n+](O)cc1.Cc1ccc(N(C)C)cc1C.Cc1ccc2cc(C)ccc2c1. The molecule has 0 unspecified atom stereocenters. The minimum Gasteiger partial charge on any atom is -0.457 e. The van der Waals surface area contributed by atoms with E-state index in [9.17, 15) is 0 Å². The lowest BCUT2D eigenvalue weighted by atomic mass is 9.88. The molecule has 85 heavy (non-hydrogen) atoms. The average molecular weight is 1160 g/mol. The van der Waals surface area contributed by atoms with Crippen molar-refractivity contribution in [2.75, 3.05) is 56.0 Å². The van der Waals surface area contributed by atoms with Gasteiger partial charge in [-0.1, -0.05) is 168 Å². The first-order chi connectivity index (χ1) is 39.2. The van der Waals surface area contributed by atoms with Gasteiger partial charge < -0.3 is 24.8 Å². The van der Waals surface area contributed by atoms with E-state index in [4.69, 9.17) is 22.2 Å². The largest absolute Gasteiger partial charge is 0.457 e. The quantitative estimate of drug-likeness (QED) is 0.104. The van der Waals surface area contributed by atoms with Gasteiger partial charge in [-0.15, -0.1) is 0 Å². The number of nitrogens with zero attached hydrogens (tertiary/aromatic N) is 4. The summed E-state index contributed by atoms with van der Waals surface area (Å²) in [4.78, 5) is 7.86. The third kappa shape index (κ3) is 21.1. The fraction of sp³-hybridized carbons (Fsp3) is 0.299. The van der Waals surface area contributed by atoms with E-state index in [1.165, 1.54) is 121 Å². The molecule has 4 aliphatic heterocycles. The van der Waals surface area contributed by atoms with Crippen molar-refractivity contribution in [3.63, 3.8) is 0 Å². The Morgan fingerprint density at radius 1 is 0.682 bits per heavy atom. The number of anilines is 3. The fourth-order valence-electron chi connectivity index (χ4n) is 9.87. The third-order valence-electron chi connectivity index (χ3n) is 14.6. The number of aryl methyl sites for hydroxylation is 6. The highest BCUT2D eigenvalue weighted by Crippen LogP contribution is 2.45. The van der Waals surface area contributed by atoms with Crippen molar-refractivity contribution in [3.05, 3.63) is 256 Å². The molecule has 0 radical (unpaired) electrons. The van der Waals surface area contributed by atoms with E-state index in [0.29, 0.717) is 0 Å². The molecular formula is C77H100N5O2S+. The van der Waals surface area contributed by atoms with Gasteiger partial charge in [-0.2, -0.15) is 0 Å². The Bertz CT molecular complexity index is 3510. The first-order valence-corrected chi connectivity index (χ1v) is 29.0. The molecule has 0 bridgehead atoms. The van der Waals surface area contributed by atoms with Crippen molar-refractivity contribution >= 4 is 67.8 Å². The predicted octanol–water partition coefficient (Wildman–Crippen LogP) is 19.7. The van der Waals surface area contributed by atoms with E-state index >= 15 is 0 Å². The molecule has 7 aromatic rings. The van der Waals surface area contributed by atoms with E-state index in [-0.39, 0.29) is 22.3 Å². The van der Waals surface area contributed by atoms with Crippen molar-refractivity contribution in [1.82, 2.24) is 5.32 Å². The molecular weight excluding hydrogens is 1060 g/mol. The number of dihydropyridines is 1. The molecule has 0 atom stereocenters. The smallest absolute Gasteiger partial charge is 0.222 e. The van der Waals surface area contributed by atoms with E-state index in [1.807, 2.05) is 56.4 Å². The molecule has 5 heterocycles. The molecule has 1 aromatic heterocycles. The number of pyridine rings is 1. The summed E-state index contributed by atoms with van der Waals surface area (Å²) >= 11 is 4.93. The van der Waals surface area contributed by atoms with Crippen LogP contribution < -0.4 is 29.5 Å². The topological polar surface area (TPSA) is 55.1 Å². The molecule has 0 saturated heterocycles. The number of rotatable bonds is 3. The number of hydrogen-bond acceptors (Lipinski definition) is 7. The number of aromatic nitrogens is 1. The standard InChI is InChI=1S/C17H19NO.C15H17N.C12H12.C10H15N.C7H9N.C7H8S.C6H8NO.3CH4/c1-11-9-14-10-13-5-3-7-18-8-4-6-15(16(13)18)17(14)19-12(11)2;1-4-7-12-10-11-15(16(2)3)14-9-6-5-8-13(12)14;1-9-3-5-12-8-10(2)4-6-11(12)7-9;1-8-5-6-10(11(3)4)7-9(8)2;1-6-4-3-5-7(2)8-6;2*1-6-2-4-7(8)5-3-6;;;/h9-10H,2-8H2,1H3;4-11H,1-3H3;3-8H,1-2H3;5-7H,1-4H3;3-5,8H,1H2,2H3;2-4H,5H2,1H3;2-5,8H,1H3;3*1H4/q;;;;;;+1;;;/b;7-4+;;;;;;;;. The zero-order chi connectivity index (χ0) is 59.5. The van der Waals surface area contributed by atoms with Crippen LogP contribution in [0.3, 0.4) is 0 Å². The van der Waals surface area contributed by atoms with Gasteiger partial charge in [0.1, 0.15) is 11.5 Å². The van der Waals surface area contributed by atoms with Crippen molar-refractivity contribution < 1.29 is 14.7 Å². The molecule has 0 spiro atoms. The van der Waals surface area contributed by atoms with Gasteiger partial charge in [-0.05, 0) is 186 Å². The average Bonchev–Trinajstić information content (AvgIpc) is 1.15. The molecule has 5 aliphatic rings. The number of hydrogen-bond donors (Lipinski definition) is 2. The lowest BCUT2D eigenvalue weighted by Crippen LogP contribution is -2.35. The van der Waals surface area contributed by atoms with Crippen molar-refractivity contribution in [2.45, 2.75) is 117 Å². The summed E-state index contributed by atoms with van der Waals surface area (Å²) in [5.41, 5.74) is 20.6. The van der Waals surface area contributed by atoms with Crippen LogP contribution in [0.5, 0.6) is 5.75 Å². The zero-order valence-corrected chi connectivity index (χ0v) is 52.0. The number of ether oxygens (including phenoxy) is 1. The van der Waals surface area contributed by atoms with Crippen molar-refractivity contribution in [1.29, 1.82) is 0 Å². The van der Waals surface area contributed by atoms with Gasteiger partial charge in [0.25, 0.3) is 0 Å². The molecule has 7 nitrogen and oxygen atoms in total. The maximum Gasteiger partial charge on any atom is 0.222 e. The Hall–Kier alpha value is -8.20. The number of fused-ring (bicyclic) bond motifs is 4. The van der Waals surface area contributed by atoms with Crippen LogP contribution in [0, 0.1) is 34.6 Å². The molecule has 2 N–H and O–H groups in total. The van der Waals surface area contributed by atoms with Crippen LogP contribution in [0.4, 0.5) is 17.1 Å². The Kier molecular flexibility index (Phi) is 28.9. The van der Waals surface area contributed by atoms with Crippen LogP contribution in [-0.4, -0.2) is 51.4 Å². The number of nitrogens with one attached hydrogen (secondary N) is 1.